The van der Waals surface area contributed by atoms with Crippen molar-refractivity contribution in [1.29, 1.82) is 0 Å². The molecule has 2 nitrogen and oxygen atoms in total. The molecule has 32 heavy (non-hydrogen) atoms. The van der Waals surface area contributed by atoms with Crippen LogP contribution in [0.2, 0.25) is 0 Å². The standard InChI is InChI=1S/C28H42O2S.Ni/c1-25(2,3)17-27(7,8)19-11-13-21(29)23(15-19)31-24-16-20(12-14-22(24)30)28(9,10)18-26(4,5)6;/h11-16,29-30H,17-18H2,1-10H3;/q;+2. The summed E-state index contributed by atoms with van der Waals surface area (Å²) in [4.78, 5) is 1.56. The minimum Gasteiger partial charge on any atom is -0.507 e. The molecular weight excluding hydrogens is 459 g/mol. The Hall–Kier alpha value is -1.12. The second-order valence-electron chi connectivity index (χ2n) is 12.7. The van der Waals surface area contributed by atoms with Crippen molar-refractivity contribution < 1.29 is 26.7 Å². The van der Waals surface area contributed by atoms with Gasteiger partial charge in [-0.25, -0.2) is 0 Å². The first kappa shape index (κ1) is 28.9. The maximum atomic E-state index is 10.6. The summed E-state index contributed by atoms with van der Waals surface area (Å²) in [7, 11) is 0. The van der Waals surface area contributed by atoms with Gasteiger partial charge < -0.3 is 10.2 Å². The Balaban J connectivity index is 0.00000512. The summed E-state index contributed by atoms with van der Waals surface area (Å²) in [5.74, 6) is 0.498. The minimum atomic E-state index is -0.0140. The maximum Gasteiger partial charge on any atom is 2.00 e. The van der Waals surface area contributed by atoms with Crippen molar-refractivity contribution >= 4 is 11.8 Å². The van der Waals surface area contributed by atoms with Gasteiger partial charge in [0.2, 0.25) is 0 Å². The second kappa shape index (κ2) is 10.0. The summed E-state index contributed by atoms with van der Waals surface area (Å²) >= 11 is 1.44. The van der Waals surface area contributed by atoms with Gasteiger partial charge in [-0.15, -0.1) is 0 Å². The van der Waals surface area contributed by atoms with Crippen LogP contribution in [-0.2, 0) is 27.3 Å². The van der Waals surface area contributed by atoms with Gasteiger partial charge in [-0.3, -0.25) is 0 Å². The average Bonchev–Trinajstić information content (AvgIpc) is 2.54. The quantitative estimate of drug-likeness (QED) is 0.389. The van der Waals surface area contributed by atoms with E-state index in [4.69, 9.17) is 0 Å². The molecule has 180 valence electrons. The average molecular weight is 501 g/mol. The predicted molar refractivity (Wildman–Crippen MR) is 135 cm³/mol. The van der Waals surface area contributed by atoms with Crippen molar-refractivity contribution in [3.63, 3.8) is 0 Å². The molecule has 0 bridgehead atoms. The Bertz CT molecular complexity index is 843. The van der Waals surface area contributed by atoms with Crippen molar-refractivity contribution in [3.05, 3.63) is 47.5 Å². The number of aromatic hydroxyl groups is 2. The molecule has 2 N–H and O–H groups in total. The third-order valence-corrected chi connectivity index (χ3v) is 6.74. The molecule has 0 amide bonds. The fourth-order valence-electron chi connectivity index (χ4n) is 5.01. The molecular formula is C28H42NiO2S+2. The van der Waals surface area contributed by atoms with Crippen LogP contribution in [0.5, 0.6) is 11.5 Å². The van der Waals surface area contributed by atoms with Gasteiger partial charge in [0.1, 0.15) is 11.5 Å². The summed E-state index contributed by atoms with van der Waals surface area (Å²) in [5, 5.41) is 21.1. The van der Waals surface area contributed by atoms with E-state index in [-0.39, 0.29) is 49.7 Å². The summed E-state index contributed by atoms with van der Waals surface area (Å²) in [6.45, 7) is 22.6. The maximum absolute atomic E-state index is 10.6. The van der Waals surface area contributed by atoms with Crippen molar-refractivity contribution in [3.8, 4) is 11.5 Å². The summed E-state index contributed by atoms with van der Waals surface area (Å²) in [6.07, 6.45) is 2.08. The molecule has 0 atom stereocenters. The van der Waals surface area contributed by atoms with E-state index >= 15 is 0 Å². The normalized spacial score (nSPS) is 13.1. The SMILES string of the molecule is CC(C)(C)CC(C)(C)c1ccc(O)c(Sc2cc(C(C)(C)CC(C)(C)C)ccc2O)c1.[Ni+2]. The smallest absolute Gasteiger partial charge is 0.507 e. The van der Waals surface area contributed by atoms with Gasteiger partial charge in [0.05, 0.1) is 9.79 Å². The molecule has 2 rings (SSSR count). The van der Waals surface area contributed by atoms with Crippen LogP contribution in [0.4, 0.5) is 0 Å². The van der Waals surface area contributed by atoms with Crippen molar-refractivity contribution in [2.75, 3.05) is 0 Å². The molecule has 2 aromatic carbocycles. The number of phenolic OH excluding ortho intramolecular Hbond substituents is 2. The van der Waals surface area contributed by atoms with Crippen LogP contribution < -0.4 is 0 Å². The van der Waals surface area contributed by atoms with Gasteiger partial charge in [0, 0.05) is 0 Å². The first-order valence-electron chi connectivity index (χ1n) is 11.2. The number of benzene rings is 2. The molecule has 0 heterocycles. The largest absolute Gasteiger partial charge is 2.00 e. The first-order chi connectivity index (χ1) is 13.9. The van der Waals surface area contributed by atoms with Crippen LogP contribution in [0, 0.1) is 10.8 Å². The third-order valence-electron chi connectivity index (χ3n) is 5.65. The molecule has 0 aliphatic heterocycles. The van der Waals surface area contributed by atoms with E-state index in [2.05, 4.69) is 81.4 Å². The van der Waals surface area contributed by atoms with Crippen LogP contribution in [0.3, 0.4) is 0 Å². The molecule has 4 heteroatoms. The predicted octanol–water partition coefficient (Wildman–Crippen LogP) is 8.67. The second-order valence-corrected chi connectivity index (χ2v) is 13.8. The van der Waals surface area contributed by atoms with E-state index in [1.165, 1.54) is 22.9 Å². The van der Waals surface area contributed by atoms with Crippen LogP contribution in [0.25, 0.3) is 0 Å². The monoisotopic (exact) mass is 500 g/mol. The van der Waals surface area contributed by atoms with Crippen molar-refractivity contribution in [2.45, 2.75) is 103 Å². The molecule has 0 spiro atoms. The Labute approximate surface area is 210 Å². The zero-order valence-electron chi connectivity index (χ0n) is 21.5. The molecule has 0 unspecified atom stereocenters. The Morgan fingerprint density at radius 1 is 0.594 bits per heavy atom. The van der Waals surface area contributed by atoms with Gasteiger partial charge >= 0.3 is 16.5 Å². The Morgan fingerprint density at radius 2 is 0.906 bits per heavy atom. The fraction of sp³-hybridized carbons (Fsp3) is 0.571. The van der Waals surface area contributed by atoms with E-state index in [9.17, 15) is 10.2 Å². The van der Waals surface area contributed by atoms with Gasteiger partial charge in [0.25, 0.3) is 0 Å². The molecule has 0 aliphatic carbocycles. The number of phenols is 2. The van der Waals surface area contributed by atoms with Crippen LogP contribution in [0.15, 0.2) is 46.2 Å². The van der Waals surface area contributed by atoms with Gasteiger partial charge in [-0.05, 0) is 69.9 Å². The molecule has 2 aromatic rings. The van der Waals surface area contributed by atoms with Gasteiger partial charge in [-0.1, -0.05) is 93.1 Å². The van der Waals surface area contributed by atoms with Crippen LogP contribution >= 0.6 is 11.8 Å². The first-order valence-corrected chi connectivity index (χ1v) is 12.1. The van der Waals surface area contributed by atoms with E-state index in [0.717, 1.165) is 22.6 Å². The van der Waals surface area contributed by atoms with E-state index in [1.54, 1.807) is 12.1 Å². The zero-order valence-corrected chi connectivity index (χ0v) is 23.3. The molecule has 0 aromatic heterocycles. The minimum absolute atomic E-state index is 0. The van der Waals surface area contributed by atoms with Gasteiger partial charge in [0.15, 0.2) is 0 Å². The molecule has 0 saturated carbocycles. The molecule has 0 aliphatic rings. The molecule has 0 fully saturated rings. The topological polar surface area (TPSA) is 40.5 Å². The molecule has 0 saturated heterocycles. The molecule has 0 radical (unpaired) electrons. The van der Waals surface area contributed by atoms with E-state index in [1.807, 2.05) is 12.1 Å². The fourth-order valence-corrected chi connectivity index (χ4v) is 5.96. The summed E-state index contributed by atoms with van der Waals surface area (Å²) in [6, 6.07) is 11.8. The van der Waals surface area contributed by atoms with Crippen LogP contribution in [0.1, 0.15) is 93.2 Å². The van der Waals surface area contributed by atoms with Crippen molar-refractivity contribution in [1.82, 2.24) is 0 Å². The number of hydrogen-bond acceptors (Lipinski definition) is 3. The van der Waals surface area contributed by atoms with E-state index < -0.39 is 0 Å². The van der Waals surface area contributed by atoms with E-state index in [0.29, 0.717) is 0 Å². The Morgan fingerprint density at radius 3 is 1.19 bits per heavy atom. The zero-order chi connectivity index (χ0) is 23.8. The van der Waals surface area contributed by atoms with Crippen LogP contribution in [-0.4, -0.2) is 10.2 Å². The number of rotatable bonds is 6. The van der Waals surface area contributed by atoms with Gasteiger partial charge in [-0.2, -0.15) is 0 Å². The summed E-state index contributed by atoms with van der Waals surface area (Å²) in [5.41, 5.74) is 2.79. The Kier molecular flexibility index (Phi) is 9.05. The number of hydrogen-bond donors (Lipinski definition) is 2. The summed E-state index contributed by atoms with van der Waals surface area (Å²) < 4.78 is 0. The van der Waals surface area contributed by atoms with Crippen molar-refractivity contribution in [2.24, 2.45) is 10.8 Å². The third kappa shape index (κ3) is 8.03.